The molecule has 0 aromatic rings. The molecule has 10 heavy (non-hydrogen) atoms. The summed E-state index contributed by atoms with van der Waals surface area (Å²) in [5.74, 6) is 0. The van der Waals surface area contributed by atoms with Crippen molar-refractivity contribution in [2.24, 2.45) is 4.99 Å². The number of hydrogen-bond acceptors (Lipinski definition) is 3. The van der Waals surface area contributed by atoms with E-state index in [0.717, 1.165) is 5.41 Å². The molecular weight excluding hydrogens is 152 g/mol. The Bertz CT molecular complexity index is 300. The minimum atomic E-state index is -3.21. The second kappa shape index (κ2) is 2.09. The molecule has 0 aromatic heterocycles. The SMILES string of the molecule is CN=C1NC(C)=CS1(=O)=O. The van der Waals surface area contributed by atoms with Gasteiger partial charge in [-0.1, -0.05) is 0 Å². The fourth-order valence-corrected chi connectivity index (χ4v) is 1.93. The molecule has 0 radical (unpaired) electrons. The third-order valence-corrected chi connectivity index (χ3v) is 2.60. The van der Waals surface area contributed by atoms with Crippen LogP contribution in [0.3, 0.4) is 0 Å². The fourth-order valence-electron chi connectivity index (χ4n) is 0.741. The van der Waals surface area contributed by atoms with Gasteiger partial charge in [-0.3, -0.25) is 4.99 Å². The summed E-state index contributed by atoms with van der Waals surface area (Å²) in [6.45, 7) is 1.68. The number of nitrogens with zero attached hydrogens (tertiary/aromatic N) is 1. The van der Waals surface area contributed by atoms with Crippen molar-refractivity contribution in [2.45, 2.75) is 6.92 Å². The molecule has 0 saturated carbocycles. The molecule has 0 unspecified atom stereocenters. The number of sulfone groups is 1. The molecule has 0 saturated heterocycles. The summed E-state index contributed by atoms with van der Waals surface area (Å²) in [4.78, 5) is 3.56. The number of nitrogens with one attached hydrogen (secondary N) is 1. The second-order valence-electron chi connectivity index (χ2n) is 2.00. The molecule has 1 N–H and O–H groups in total. The molecule has 1 rings (SSSR count). The molecule has 1 heterocycles. The van der Waals surface area contributed by atoms with Crippen molar-refractivity contribution in [1.29, 1.82) is 0 Å². The molecule has 0 atom stereocenters. The van der Waals surface area contributed by atoms with Gasteiger partial charge in [0, 0.05) is 12.7 Å². The maximum atomic E-state index is 10.9. The Kier molecular flexibility index (Phi) is 1.52. The summed E-state index contributed by atoms with van der Waals surface area (Å²) in [5, 5.41) is 3.81. The molecule has 56 valence electrons. The lowest BCUT2D eigenvalue weighted by Crippen LogP contribution is -2.20. The van der Waals surface area contributed by atoms with E-state index >= 15 is 0 Å². The second-order valence-corrected chi connectivity index (χ2v) is 3.71. The summed E-state index contributed by atoms with van der Waals surface area (Å²) >= 11 is 0. The summed E-state index contributed by atoms with van der Waals surface area (Å²) in [5.41, 5.74) is 0.612. The van der Waals surface area contributed by atoms with E-state index in [1.165, 1.54) is 7.05 Å². The molecule has 5 heteroatoms. The zero-order valence-corrected chi connectivity index (χ0v) is 6.57. The quantitative estimate of drug-likeness (QED) is 0.536. The molecule has 1 aliphatic heterocycles. The standard InChI is InChI=1S/C5H8N2O2S/c1-4-3-10(8,9)5(6-2)7-4/h3H,1-2H3,(H,6,7). The summed E-state index contributed by atoms with van der Waals surface area (Å²) in [7, 11) is -1.77. The van der Waals surface area contributed by atoms with Crippen LogP contribution in [0, 0.1) is 0 Å². The van der Waals surface area contributed by atoms with Crippen molar-refractivity contribution in [3.63, 3.8) is 0 Å². The van der Waals surface area contributed by atoms with Gasteiger partial charge in [0.05, 0.1) is 5.41 Å². The first-order valence-electron chi connectivity index (χ1n) is 2.73. The molecule has 1 aliphatic rings. The van der Waals surface area contributed by atoms with E-state index in [4.69, 9.17) is 0 Å². The van der Waals surface area contributed by atoms with Gasteiger partial charge in [-0.2, -0.15) is 0 Å². The van der Waals surface area contributed by atoms with E-state index in [1.807, 2.05) is 0 Å². The number of aliphatic imine (C=N–C) groups is 1. The lowest BCUT2D eigenvalue weighted by atomic mass is 10.6. The summed E-state index contributed by atoms with van der Waals surface area (Å²) in [6, 6.07) is 0. The van der Waals surface area contributed by atoms with Crippen molar-refractivity contribution in [1.82, 2.24) is 5.32 Å². The minimum Gasteiger partial charge on any atom is -0.334 e. The van der Waals surface area contributed by atoms with Crippen LogP contribution in [0.1, 0.15) is 6.92 Å². The Labute approximate surface area is 59.6 Å². The Morgan fingerprint density at radius 3 is 2.40 bits per heavy atom. The highest BCUT2D eigenvalue weighted by Crippen LogP contribution is 2.07. The predicted molar refractivity (Wildman–Crippen MR) is 39.2 cm³/mol. The van der Waals surface area contributed by atoms with E-state index in [1.54, 1.807) is 6.92 Å². The van der Waals surface area contributed by atoms with E-state index in [2.05, 4.69) is 10.3 Å². The zero-order valence-electron chi connectivity index (χ0n) is 5.75. The van der Waals surface area contributed by atoms with Crippen LogP contribution >= 0.6 is 0 Å². The largest absolute Gasteiger partial charge is 0.334 e. The smallest absolute Gasteiger partial charge is 0.234 e. The van der Waals surface area contributed by atoms with Crippen molar-refractivity contribution >= 4 is 15.0 Å². The van der Waals surface area contributed by atoms with Gasteiger partial charge in [0.15, 0.2) is 0 Å². The lowest BCUT2D eigenvalue weighted by Gasteiger charge is -1.94. The fraction of sp³-hybridized carbons (Fsp3) is 0.400. The van der Waals surface area contributed by atoms with Gasteiger partial charge in [-0.15, -0.1) is 0 Å². The molecule has 0 fully saturated rings. The van der Waals surface area contributed by atoms with Gasteiger partial charge >= 0.3 is 0 Å². The van der Waals surface area contributed by atoms with Crippen molar-refractivity contribution in [2.75, 3.05) is 7.05 Å². The molecular formula is C5H8N2O2S. The van der Waals surface area contributed by atoms with Crippen LogP contribution in [-0.2, 0) is 9.84 Å². The van der Waals surface area contributed by atoms with Crippen LogP contribution in [0.4, 0.5) is 0 Å². The van der Waals surface area contributed by atoms with Crippen LogP contribution < -0.4 is 5.32 Å². The van der Waals surface area contributed by atoms with Crippen LogP contribution in [0.2, 0.25) is 0 Å². The monoisotopic (exact) mass is 160 g/mol. The van der Waals surface area contributed by atoms with Crippen LogP contribution in [0.5, 0.6) is 0 Å². The number of rotatable bonds is 0. The molecule has 0 bridgehead atoms. The average molecular weight is 160 g/mol. The maximum absolute atomic E-state index is 10.9. The first kappa shape index (κ1) is 7.27. The normalized spacial score (nSPS) is 26.2. The van der Waals surface area contributed by atoms with Crippen molar-refractivity contribution < 1.29 is 8.42 Å². The highest BCUT2D eigenvalue weighted by molar-refractivity contribution is 8.09. The van der Waals surface area contributed by atoms with Gasteiger partial charge in [0.25, 0.3) is 0 Å². The first-order valence-corrected chi connectivity index (χ1v) is 4.28. The van der Waals surface area contributed by atoms with Crippen molar-refractivity contribution in [3.05, 3.63) is 11.1 Å². The molecule has 0 spiro atoms. The average Bonchev–Trinajstić information content (AvgIpc) is 2.04. The predicted octanol–water partition coefficient (Wildman–Crippen LogP) is -0.149. The Balaban J connectivity index is 3.17. The third kappa shape index (κ3) is 1.04. The topological polar surface area (TPSA) is 58.5 Å². The molecule has 0 aliphatic carbocycles. The summed E-state index contributed by atoms with van der Waals surface area (Å²) in [6.07, 6.45) is 0. The Hall–Kier alpha value is -0.840. The third-order valence-electron chi connectivity index (χ3n) is 1.11. The van der Waals surface area contributed by atoms with Crippen LogP contribution in [0.25, 0.3) is 0 Å². The van der Waals surface area contributed by atoms with E-state index in [0.29, 0.717) is 5.70 Å². The Morgan fingerprint density at radius 2 is 2.20 bits per heavy atom. The Morgan fingerprint density at radius 1 is 1.60 bits per heavy atom. The van der Waals surface area contributed by atoms with Crippen LogP contribution in [-0.4, -0.2) is 20.6 Å². The van der Waals surface area contributed by atoms with Gasteiger partial charge in [0.2, 0.25) is 15.0 Å². The highest BCUT2D eigenvalue weighted by atomic mass is 32.2. The van der Waals surface area contributed by atoms with Gasteiger partial charge in [-0.05, 0) is 6.92 Å². The number of allylic oxidation sites excluding steroid dienone is 1. The van der Waals surface area contributed by atoms with E-state index in [9.17, 15) is 8.42 Å². The first-order chi connectivity index (χ1) is 4.56. The summed E-state index contributed by atoms with van der Waals surface area (Å²) < 4.78 is 21.9. The number of hydrogen-bond donors (Lipinski definition) is 1. The van der Waals surface area contributed by atoms with Crippen LogP contribution in [0.15, 0.2) is 16.1 Å². The van der Waals surface area contributed by atoms with E-state index < -0.39 is 9.84 Å². The van der Waals surface area contributed by atoms with Crippen molar-refractivity contribution in [3.8, 4) is 0 Å². The zero-order chi connectivity index (χ0) is 7.78. The molecule has 0 amide bonds. The molecule has 4 nitrogen and oxygen atoms in total. The maximum Gasteiger partial charge on any atom is 0.234 e. The van der Waals surface area contributed by atoms with Gasteiger partial charge in [-0.25, -0.2) is 8.42 Å². The highest BCUT2D eigenvalue weighted by Gasteiger charge is 2.22. The van der Waals surface area contributed by atoms with Gasteiger partial charge < -0.3 is 5.32 Å². The minimum absolute atomic E-state index is 0.0324. The molecule has 0 aromatic carbocycles. The lowest BCUT2D eigenvalue weighted by molar-refractivity contribution is 0.615. The van der Waals surface area contributed by atoms with E-state index in [-0.39, 0.29) is 5.17 Å². The number of amidine groups is 1. The van der Waals surface area contributed by atoms with Gasteiger partial charge in [0.1, 0.15) is 0 Å².